The Bertz CT molecular complexity index is 2300. The normalized spacial score (nSPS) is 36.2. The maximum Gasteiger partial charge on any atom is 0.323 e. The molecule has 2 fully saturated rings. The maximum absolute atomic E-state index is 14.1. The Morgan fingerprint density at radius 1 is 0.935 bits per heavy atom. The topological polar surface area (TPSA) is 285 Å². The lowest BCUT2D eigenvalue weighted by atomic mass is 9.69. The van der Waals surface area contributed by atoms with Crippen LogP contribution >= 0.6 is 0 Å². The molecule has 0 radical (unpaired) electrons. The van der Waals surface area contributed by atoms with Crippen LogP contribution in [0.5, 0.6) is 5.75 Å². The van der Waals surface area contributed by atoms with Gasteiger partial charge in [-0.15, -0.1) is 0 Å². The van der Waals surface area contributed by atoms with Crippen molar-refractivity contribution in [1.82, 2.24) is 21.3 Å². The number of rotatable bonds is 12. The van der Waals surface area contributed by atoms with Crippen LogP contribution < -0.4 is 31.7 Å². The van der Waals surface area contributed by atoms with Gasteiger partial charge in [-0.1, -0.05) is 96.2 Å². The molecule has 18 nitrogen and oxygen atoms in total. The second kappa shape index (κ2) is 29.1. The number of esters is 1. The summed E-state index contributed by atoms with van der Waals surface area (Å²) < 4.78 is 18.8. The summed E-state index contributed by atoms with van der Waals surface area (Å²) in [5.41, 5.74) is 6.78. The van der Waals surface area contributed by atoms with Crippen molar-refractivity contribution in [2.24, 2.45) is 47.2 Å². The number of carbonyl (C=O) groups excluding carboxylic acids is 6. The van der Waals surface area contributed by atoms with Crippen molar-refractivity contribution in [3.05, 3.63) is 77.9 Å². The third kappa shape index (κ3) is 16.9. The van der Waals surface area contributed by atoms with Crippen LogP contribution in [0.2, 0.25) is 0 Å². The van der Waals surface area contributed by atoms with E-state index in [-0.39, 0.29) is 79.9 Å². The number of benzene rings is 1. The fourth-order valence-electron chi connectivity index (χ4n) is 11.0. The average Bonchev–Trinajstić information content (AvgIpc) is 3.38. The van der Waals surface area contributed by atoms with E-state index in [4.69, 9.17) is 19.9 Å². The molecule has 0 aliphatic carbocycles. The number of cyclic esters (lactones) is 1. The quantitative estimate of drug-likeness (QED) is 0.103. The number of nitrogens with two attached hydrogens (primary N) is 1. The van der Waals surface area contributed by atoms with Crippen LogP contribution in [0.15, 0.2) is 72.4 Å². The number of carbonyl (C=O) groups is 6. The van der Waals surface area contributed by atoms with E-state index >= 15 is 0 Å². The van der Waals surface area contributed by atoms with E-state index in [1.54, 1.807) is 56.3 Å². The molecule has 1 aromatic carbocycles. The Hall–Kier alpha value is -5.24. The number of hydrogen-bond acceptors (Lipinski definition) is 14. The predicted octanol–water partition coefficient (Wildman–Crippen LogP) is 4.55. The summed E-state index contributed by atoms with van der Waals surface area (Å²) in [5.74, 6) is -5.43. The van der Waals surface area contributed by atoms with E-state index in [0.717, 1.165) is 6.42 Å². The van der Waals surface area contributed by atoms with Gasteiger partial charge in [0.1, 0.15) is 47.6 Å². The van der Waals surface area contributed by atoms with Crippen molar-refractivity contribution in [3.63, 3.8) is 0 Å². The number of fused-ring (bicyclic) bond motifs is 5. The van der Waals surface area contributed by atoms with Gasteiger partial charge in [0.25, 0.3) is 0 Å². The highest BCUT2D eigenvalue weighted by Gasteiger charge is 2.57. The molecule has 0 aromatic heterocycles. The van der Waals surface area contributed by atoms with Gasteiger partial charge in [-0.25, -0.2) is 0 Å². The van der Waals surface area contributed by atoms with Gasteiger partial charge in [0, 0.05) is 61.8 Å². The van der Waals surface area contributed by atoms with E-state index in [9.17, 15) is 49.2 Å². The Balaban J connectivity index is 1.29. The zero-order chi connectivity index (χ0) is 56.7. The predicted molar refractivity (Wildman–Crippen MR) is 291 cm³/mol. The van der Waals surface area contributed by atoms with E-state index < -0.39 is 102 Å². The summed E-state index contributed by atoms with van der Waals surface area (Å²) in [4.78, 5) is 80.7. The summed E-state index contributed by atoms with van der Waals surface area (Å²) in [7, 11) is 0. The lowest BCUT2D eigenvalue weighted by molar-refractivity contribution is -0.267. The number of aliphatic hydroxyl groups is 4. The fraction of sp³-hybridized carbons (Fsp3) is 0.661. The lowest BCUT2D eigenvalue weighted by Gasteiger charge is -2.56. The molecular weight excluding hydrogens is 987 g/mol. The van der Waals surface area contributed by atoms with Gasteiger partial charge in [0.05, 0.1) is 36.4 Å². The van der Waals surface area contributed by atoms with Gasteiger partial charge in [-0.2, -0.15) is 0 Å². The zero-order valence-electron chi connectivity index (χ0n) is 46.7. The minimum atomic E-state index is -1.46. The Morgan fingerprint density at radius 2 is 1.68 bits per heavy atom. The van der Waals surface area contributed by atoms with Gasteiger partial charge < -0.3 is 66.4 Å². The molecule has 10 N–H and O–H groups in total. The van der Waals surface area contributed by atoms with Crippen molar-refractivity contribution in [2.75, 3.05) is 6.54 Å². The van der Waals surface area contributed by atoms with E-state index in [2.05, 4.69) is 28.2 Å². The van der Waals surface area contributed by atoms with Crippen LogP contribution in [-0.4, -0.2) is 129 Å². The van der Waals surface area contributed by atoms with Crippen LogP contribution in [0.1, 0.15) is 132 Å². The van der Waals surface area contributed by atoms with Crippen molar-refractivity contribution >= 4 is 35.4 Å². The van der Waals surface area contributed by atoms with Gasteiger partial charge in [-0.3, -0.25) is 24.0 Å². The number of allylic oxidation sites excluding steroid dienone is 5. The molecule has 18 heteroatoms. The lowest BCUT2D eigenvalue weighted by Crippen LogP contribution is -2.71. The number of nitrogens with one attached hydrogen (secondary N) is 4. The number of ether oxygens (including phenoxy) is 3. The van der Waals surface area contributed by atoms with E-state index in [0.29, 0.717) is 49.0 Å². The van der Waals surface area contributed by atoms with Crippen LogP contribution in [-0.2, 0) is 44.7 Å². The molecule has 4 aliphatic heterocycles. The maximum atomic E-state index is 14.1. The van der Waals surface area contributed by atoms with Gasteiger partial charge >= 0.3 is 5.97 Å². The average molecular weight is 1080 g/mol. The van der Waals surface area contributed by atoms with Crippen LogP contribution in [0, 0.1) is 41.4 Å². The molecule has 1 aromatic rings. The first kappa shape index (κ1) is 62.6. The Morgan fingerprint density at radius 3 is 2.39 bits per heavy atom. The third-order valence-corrected chi connectivity index (χ3v) is 16.6. The highest BCUT2D eigenvalue weighted by molar-refractivity contribution is 5.93. The summed E-state index contributed by atoms with van der Waals surface area (Å²) >= 11 is 0. The molecule has 428 valence electrons. The van der Waals surface area contributed by atoms with Gasteiger partial charge in [0.2, 0.25) is 23.6 Å². The number of aliphatic hydroxyl groups excluding tert-OH is 4. The summed E-state index contributed by atoms with van der Waals surface area (Å²) in [6.07, 6.45) is 9.46. The van der Waals surface area contributed by atoms with Crippen molar-refractivity contribution in [1.29, 1.82) is 0 Å². The molecule has 4 amide bonds. The van der Waals surface area contributed by atoms with E-state index in [1.165, 1.54) is 13.0 Å². The van der Waals surface area contributed by atoms with Crippen molar-refractivity contribution in [3.8, 4) is 5.75 Å². The second-order valence-electron chi connectivity index (χ2n) is 22.4. The number of amides is 4. The summed E-state index contributed by atoms with van der Waals surface area (Å²) in [6, 6.07) is 3.55. The molecule has 1 spiro atoms. The Labute approximate surface area is 455 Å². The molecule has 4 aliphatic rings. The minimum Gasteiger partial charge on any atom is -0.488 e. The molecule has 2 saturated heterocycles. The number of hydrogen-bond donors (Lipinski definition) is 9. The van der Waals surface area contributed by atoms with Crippen molar-refractivity contribution < 1.29 is 63.4 Å². The first-order valence-electron chi connectivity index (χ1n) is 28.0. The monoisotopic (exact) mass is 1080 g/mol. The number of ketones is 1. The SMILES string of the molecule is CC[C@H]1C[C@H](C)[C@@]2(NC1=O)O[C@@H](C[C@H](O)[C@@H](C)CC/C=C/C=C(\C)[C@@H]1C/C=C/C=C/[C@H](O)[C@H](C)[C@@H](O)[C@@H](CCC(C)=O)C(=O)N[C@@H]3C(=O)N[C@@H](Cc4cccc(c4)OC3C)C(=O)NCCC[C@H](N)C(=O)O1)[C@H](C)[C@H](O)[C@@H]2C. The first-order valence-corrected chi connectivity index (χ1v) is 28.0. The first-order chi connectivity index (χ1) is 36.5. The molecule has 4 bridgehead atoms. The molecular formula is C59H89N5O13. The summed E-state index contributed by atoms with van der Waals surface area (Å²) in [6.45, 7) is 16.4. The smallest absolute Gasteiger partial charge is 0.323 e. The number of Topliss-reactive ketones (excluding diaryl/α,β-unsaturated/α-hetero) is 1. The highest BCUT2D eigenvalue weighted by Crippen LogP contribution is 2.46. The van der Waals surface area contributed by atoms with E-state index in [1.807, 2.05) is 52.8 Å². The molecule has 4 heterocycles. The minimum absolute atomic E-state index is 0.0205. The van der Waals surface area contributed by atoms with Gasteiger partial charge in [0.15, 0.2) is 0 Å². The van der Waals surface area contributed by atoms with Crippen LogP contribution in [0.3, 0.4) is 0 Å². The van der Waals surface area contributed by atoms with Crippen LogP contribution in [0.4, 0.5) is 0 Å². The standard InChI is InChI=1S/C59H89N5O13/c1-10-42-29-35(4)59(64-54(42)70)39(8)52(68)38(7)50(77-59)32-48(67)33(2)19-13-11-14-20-34(3)49-25-16-12-15-24-47(66)37(6)53(69)44(27-26-36(5)65)55(71)63-51-40(9)75-43-22-17-21-41(30-43)31-46(62-57(51)73)56(72)61-28-18-23-45(60)58(74)76-49/h11-12,14-17,20-22,24,30,33,35,37-40,42,44-53,66-69H,10,13,18-19,23,25-29,31-32,60H2,1-9H3,(H,61,72)(H,62,73)(H,63,71)(H,64,70)/b14-11+,16-12+,24-15+,34-20+/t33-,35-,37-,38-,39-,40?,42-,44+,45-,46-,47-,48-,49-,50-,51-,52-,53+,59+/m0/s1. The third-order valence-electron chi connectivity index (χ3n) is 16.6. The van der Waals surface area contributed by atoms with Gasteiger partial charge in [-0.05, 0) is 94.9 Å². The summed E-state index contributed by atoms with van der Waals surface area (Å²) in [5, 5.41) is 57.2. The molecule has 18 atom stereocenters. The molecule has 77 heavy (non-hydrogen) atoms. The molecule has 1 unspecified atom stereocenters. The largest absolute Gasteiger partial charge is 0.488 e. The number of piperidine rings is 1. The molecule has 5 rings (SSSR count). The molecule has 0 saturated carbocycles. The fourth-order valence-corrected chi connectivity index (χ4v) is 11.0. The second-order valence-corrected chi connectivity index (χ2v) is 22.4. The zero-order valence-corrected chi connectivity index (χ0v) is 46.7. The van der Waals surface area contributed by atoms with Crippen LogP contribution in [0.25, 0.3) is 0 Å². The van der Waals surface area contributed by atoms with Crippen molar-refractivity contribution in [2.45, 2.75) is 200 Å². The Kier molecular flexibility index (Phi) is 23.7. The highest BCUT2D eigenvalue weighted by atomic mass is 16.5.